The minimum Gasteiger partial charge on any atom is -0.497 e. The molecule has 0 aliphatic heterocycles. The zero-order valence-corrected chi connectivity index (χ0v) is 11.6. The summed E-state index contributed by atoms with van der Waals surface area (Å²) in [6.07, 6.45) is 3.50. The topological polar surface area (TPSA) is 44.2 Å². The van der Waals surface area contributed by atoms with Crippen molar-refractivity contribution in [2.45, 2.75) is 0 Å². The first-order valence-electron chi connectivity index (χ1n) is 6.54. The molecule has 0 N–H and O–H groups in total. The van der Waals surface area contributed by atoms with Gasteiger partial charge in [0.1, 0.15) is 11.5 Å². The standard InChI is InChI=1S/C17H14N2O2/c1-20-15-7-9-16(10-8-15)21-17-18-11-14(12-19-17)13-5-3-2-4-6-13/h2-12H,1H3. The van der Waals surface area contributed by atoms with Crippen molar-refractivity contribution in [1.82, 2.24) is 9.97 Å². The van der Waals surface area contributed by atoms with Gasteiger partial charge in [0.15, 0.2) is 0 Å². The molecule has 0 saturated carbocycles. The van der Waals surface area contributed by atoms with Crippen molar-refractivity contribution in [1.29, 1.82) is 0 Å². The summed E-state index contributed by atoms with van der Waals surface area (Å²) < 4.78 is 10.7. The van der Waals surface area contributed by atoms with Gasteiger partial charge in [-0.2, -0.15) is 0 Å². The molecule has 0 aliphatic carbocycles. The molecule has 104 valence electrons. The van der Waals surface area contributed by atoms with Gasteiger partial charge in [0, 0.05) is 18.0 Å². The van der Waals surface area contributed by atoms with Crippen molar-refractivity contribution in [3.63, 3.8) is 0 Å². The maximum absolute atomic E-state index is 5.59. The fourth-order valence-corrected chi connectivity index (χ4v) is 1.90. The van der Waals surface area contributed by atoms with E-state index in [1.54, 1.807) is 19.5 Å². The quantitative estimate of drug-likeness (QED) is 0.725. The molecule has 4 heteroatoms. The van der Waals surface area contributed by atoms with Gasteiger partial charge in [0.25, 0.3) is 0 Å². The molecule has 3 rings (SSSR count). The van der Waals surface area contributed by atoms with E-state index < -0.39 is 0 Å². The molecule has 0 aliphatic rings. The first-order chi connectivity index (χ1) is 10.3. The molecule has 4 nitrogen and oxygen atoms in total. The maximum Gasteiger partial charge on any atom is 0.321 e. The normalized spacial score (nSPS) is 10.1. The lowest BCUT2D eigenvalue weighted by molar-refractivity contribution is 0.410. The molecule has 0 spiro atoms. The smallest absolute Gasteiger partial charge is 0.321 e. The van der Waals surface area contributed by atoms with Crippen LogP contribution >= 0.6 is 0 Å². The van der Waals surface area contributed by atoms with Gasteiger partial charge in [-0.05, 0) is 29.8 Å². The number of nitrogens with zero attached hydrogens (tertiary/aromatic N) is 2. The van der Waals surface area contributed by atoms with Crippen LogP contribution in [0.3, 0.4) is 0 Å². The van der Waals surface area contributed by atoms with Crippen LogP contribution in [0.25, 0.3) is 11.1 Å². The summed E-state index contributed by atoms with van der Waals surface area (Å²) in [5, 5.41) is 0. The van der Waals surface area contributed by atoms with Gasteiger partial charge in [0.05, 0.1) is 7.11 Å². The minimum absolute atomic E-state index is 0.319. The van der Waals surface area contributed by atoms with E-state index in [-0.39, 0.29) is 0 Å². The van der Waals surface area contributed by atoms with Crippen LogP contribution in [0.2, 0.25) is 0 Å². The Labute approximate surface area is 123 Å². The Balaban J connectivity index is 1.75. The summed E-state index contributed by atoms with van der Waals surface area (Å²) in [6, 6.07) is 17.6. The highest BCUT2D eigenvalue weighted by atomic mass is 16.5. The summed E-state index contributed by atoms with van der Waals surface area (Å²) >= 11 is 0. The molecular formula is C17H14N2O2. The van der Waals surface area contributed by atoms with E-state index in [0.29, 0.717) is 11.8 Å². The van der Waals surface area contributed by atoms with Crippen LogP contribution in [0.15, 0.2) is 67.0 Å². The third-order valence-corrected chi connectivity index (χ3v) is 3.00. The second-order valence-electron chi connectivity index (χ2n) is 4.40. The molecule has 2 aromatic carbocycles. The number of methoxy groups -OCH3 is 1. The van der Waals surface area contributed by atoms with Crippen LogP contribution in [-0.4, -0.2) is 17.1 Å². The number of hydrogen-bond donors (Lipinski definition) is 0. The van der Waals surface area contributed by atoms with Gasteiger partial charge in [-0.3, -0.25) is 0 Å². The van der Waals surface area contributed by atoms with Gasteiger partial charge >= 0.3 is 6.01 Å². The zero-order valence-electron chi connectivity index (χ0n) is 11.6. The van der Waals surface area contributed by atoms with E-state index in [2.05, 4.69) is 9.97 Å². The number of ether oxygens (including phenoxy) is 2. The largest absolute Gasteiger partial charge is 0.497 e. The Morgan fingerprint density at radius 3 is 1.95 bits per heavy atom. The lowest BCUT2D eigenvalue weighted by atomic mass is 10.1. The molecule has 0 fully saturated rings. The average Bonchev–Trinajstić information content (AvgIpc) is 2.57. The average molecular weight is 278 g/mol. The summed E-state index contributed by atoms with van der Waals surface area (Å²) in [7, 11) is 1.63. The second kappa shape index (κ2) is 6.05. The molecule has 0 bridgehead atoms. The van der Waals surface area contributed by atoms with E-state index in [4.69, 9.17) is 9.47 Å². The van der Waals surface area contributed by atoms with Crippen molar-refractivity contribution in [2.75, 3.05) is 7.11 Å². The molecule has 0 saturated heterocycles. The zero-order chi connectivity index (χ0) is 14.5. The molecule has 0 unspecified atom stereocenters. The Morgan fingerprint density at radius 2 is 1.33 bits per heavy atom. The third kappa shape index (κ3) is 3.17. The van der Waals surface area contributed by atoms with Crippen LogP contribution in [0.4, 0.5) is 0 Å². The monoisotopic (exact) mass is 278 g/mol. The van der Waals surface area contributed by atoms with E-state index in [1.807, 2.05) is 54.6 Å². The number of benzene rings is 2. The van der Waals surface area contributed by atoms with Crippen LogP contribution < -0.4 is 9.47 Å². The van der Waals surface area contributed by atoms with Crippen molar-refractivity contribution in [3.05, 3.63) is 67.0 Å². The maximum atomic E-state index is 5.59. The minimum atomic E-state index is 0.319. The van der Waals surface area contributed by atoms with Gasteiger partial charge < -0.3 is 9.47 Å². The SMILES string of the molecule is COc1ccc(Oc2ncc(-c3ccccc3)cn2)cc1. The highest BCUT2D eigenvalue weighted by Gasteiger charge is 2.03. The lowest BCUT2D eigenvalue weighted by Gasteiger charge is -2.05. The van der Waals surface area contributed by atoms with Crippen molar-refractivity contribution < 1.29 is 9.47 Å². The summed E-state index contributed by atoms with van der Waals surface area (Å²) in [4.78, 5) is 8.46. The van der Waals surface area contributed by atoms with Crippen LogP contribution in [-0.2, 0) is 0 Å². The molecule has 1 aromatic heterocycles. The predicted molar refractivity (Wildman–Crippen MR) is 80.5 cm³/mol. The predicted octanol–water partition coefficient (Wildman–Crippen LogP) is 3.94. The summed E-state index contributed by atoms with van der Waals surface area (Å²) in [6.45, 7) is 0. The Kier molecular flexibility index (Phi) is 3.78. The van der Waals surface area contributed by atoms with Gasteiger partial charge in [-0.25, -0.2) is 9.97 Å². The van der Waals surface area contributed by atoms with Crippen LogP contribution in [0, 0.1) is 0 Å². The molecule has 0 radical (unpaired) electrons. The highest BCUT2D eigenvalue weighted by Crippen LogP contribution is 2.22. The highest BCUT2D eigenvalue weighted by molar-refractivity contribution is 5.61. The third-order valence-electron chi connectivity index (χ3n) is 3.00. The number of rotatable bonds is 4. The van der Waals surface area contributed by atoms with E-state index in [9.17, 15) is 0 Å². The Hall–Kier alpha value is -2.88. The Bertz CT molecular complexity index is 695. The number of aromatic nitrogens is 2. The fraction of sp³-hybridized carbons (Fsp3) is 0.0588. The Morgan fingerprint density at radius 1 is 0.714 bits per heavy atom. The van der Waals surface area contributed by atoms with Gasteiger partial charge in [0.2, 0.25) is 0 Å². The van der Waals surface area contributed by atoms with Crippen LogP contribution in [0.1, 0.15) is 0 Å². The van der Waals surface area contributed by atoms with E-state index in [0.717, 1.165) is 16.9 Å². The molecular weight excluding hydrogens is 264 g/mol. The lowest BCUT2D eigenvalue weighted by Crippen LogP contribution is -1.92. The van der Waals surface area contributed by atoms with Gasteiger partial charge in [-0.15, -0.1) is 0 Å². The summed E-state index contributed by atoms with van der Waals surface area (Å²) in [5.41, 5.74) is 2.03. The second-order valence-corrected chi connectivity index (χ2v) is 4.40. The molecule has 1 heterocycles. The fourth-order valence-electron chi connectivity index (χ4n) is 1.90. The van der Waals surface area contributed by atoms with E-state index >= 15 is 0 Å². The van der Waals surface area contributed by atoms with Gasteiger partial charge in [-0.1, -0.05) is 30.3 Å². The molecule has 21 heavy (non-hydrogen) atoms. The van der Waals surface area contributed by atoms with Crippen molar-refractivity contribution in [3.8, 4) is 28.6 Å². The van der Waals surface area contributed by atoms with E-state index in [1.165, 1.54) is 0 Å². The number of hydrogen-bond acceptors (Lipinski definition) is 4. The van der Waals surface area contributed by atoms with Crippen LogP contribution in [0.5, 0.6) is 17.5 Å². The van der Waals surface area contributed by atoms with Crippen molar-refractivity contribution >= 4 is 0 Å². The summed E-state index contributed by atoms with van der Waals surface area (Å²) in [5.74, 6) is 1.45. The first-order valence-corrected chi connectivity index (χ1v) is 6.54. The molecule has 0 atom stereocenters. The molecule has 0 amide bonds. The van der Waals surface area contributed by atoms with Crippen molar-refractivity contribution in [2.24, 2.45) is 0 Å². The molecule has 3 aromatic rings. The first kappa shape index (κ1) is 13.1.